The van der Waals surface area contributed by atoms with Crippen molar-refractivity contribution < 1.29 is 4.79 Å². The van der Waals surface area contributed by atoms with E-state index in [4.69, 9.17) is 0 Å². The fourth-order valence-corrected chi connectivity index (χ4v) is 2.57. The molecule has 0 spiro atoms. The predicted octanol–water partition coefficient (Wildman–Crippen LogP) is 3.97. The summed E-state index contributed by atoms with van der Waals surface area (Å²) in [5, 5.41) is 3.08. The number of hydrogen-bond donors (Lipinski definition) is 1. The summed E-state index contributed by atoms with van der Waals surface area (Å²) in [5.74, 6) is 0.555. The van der Waals surface area contributed by atoms with Crippen molar-refractivity contribution in [1.82, 2.24) is 4.98 Å². The van der Waals surface area contributed by atoms with Gasteiger partial charge in [0.25, 0.3) is 5.91 Å². The highest BCUT2D eigenvalue weighted by Gasteiger charge is 2.21. The van der Waals surface area contributed by atoms with Crippen LogP contribution in [0.25, 0.3) is 0 Å². The molecular weight excluding hydrogens is 298 g/mol. The van der Waals surface area contributed by atoms with Crippen LogP contribution in [0.5, 0.6) is 0 Å². The Balaban J connectivity index is 1.99. The molecule has 3 aromatic rings. The summed E-state index contributed by atoms with van der Waals surface area (Å²) in [7, 11) is 1.81. The molecule has 1 aromatic heterocycles. The molecule has 24 heavy (non-hydrogen) atoms. The molecule has 4 heteroatoms. The van der Waals surface area contributed by atoms with Gasteiger partial charge in [-0.2, -0.15) is 0 Å². The maximum atomic E-state index is 13.2. The number of hydrogen-bond acceptors (Lipinski definition) is 3. The summed E-state index contributed by atoms with van der Waals surface area (Å²) in [5.41, 5.74) is 2.48. The first-order valence-electron chi connectivity index (χ1n) is 7.83. The maximum absolute atomic E-state index is 13.2. The van der Waals surface area contributed by atoms with E-state index in [-0.39, 0.29) is 5.91 Å². The lowest BCUT2D eigenvalue weighted by Gasteiger charge is -2.23. The van der Waals surface area contributed by atoms with Gasteiger partial charge in [-0.05, 0) is 29.8 Å². The Morgan fingerprint density at radius 1 is 0.958 bits per heavy atom. The minimum atomic E-state index is -0.0810. The lowest BCUT2D eigenvalue weighted by atomic mass is 10.1. The van der Waals surface area contributed by atoms with Gasteiger partial charge in [0.1, 0.15) is 5.82 Å². The van der Waals surface area contributed by atoms with Crippen LogP contribution in [-0.4, -0.2) is 17.9 Å². The van der Waals surface area contributed by atoms with Crippen molar-refractivity contribution in [2.24, 2.45) is 0 Å². The molecule has 1 amide bonds. The third-order valence-electron chi connectivity index (χ3n) is 3.78. The molecular formula is C20H19N3O. The molecule has 4 nitrogen and oxygen atoms in total. The first kappa shape index (κ1) is 15.7. The van der Waals surface area contributed by atoms with E-state index in [0.717, 1.165) is 11.3 Å². The maximum Gasteiger partial charge on any atom is 0.261 e. The number of carbonyl (C=O) groups is 1. The Bertz CT molecular complexity index is 803. The highest BCUT2D eigenvalue weighted by Crippen LogP contribution is 2.22. The number of anilines is 2. The molecule has 1 heterocycles. The average Bonchev–Trinajstić information content (AvgIpc) is 2.67. The third-order valence-corrected chi connectivity index (χ3v) is 3.78. The molecule has 0 aliphatic carbocycles. The Kier molecular flexibility index (Phi) is 4.87. The number of para-hydroxylation sites is 1. The van der Waals surface area contributed by atoms with Crippen molar-refractivity contribution in [1.29, 1.82) is 0 Å². The van der Waals surface area contributed by atoms with Gasteiger partial charge in [-0.3, -0.25) is 9.69 Å². The summed E-state index contributed by atoms with van der Waals surface area (Å²) < 4.78 is 0. The molecule has 0 radical (unpaired) electrons. The summed E-state index contributed by atoms with van der Waals surface area (Å²) in [6.45, 7) is 0.467. The van der Waals surface area contributed by atoms with Crippen LogP contribution in [0, 0.1) is 0 Å². The van der Waals surface area contributed by atoms with E-state index >= 15 is 0 Å². The van der Waals surface area contributed by atoms with Crippen molar-refractivity contribution in [3.63, 3.8) is 0 Å². The number of aromatic nitrogens is 1. The van der Waals surface area contributed by atoms with Crippen molar-refractivity contribution in [3.05, 3.63) is 90.1 Å². The molecule has 0 aliphatic heterocycles. The fraction of sp³-hybridized carbons (Fsp3) is 0.100. The standard InChI is InChI=1S/C20H19N3O/c1-21-18-12-6-5-11-17(18)20(24)23(19-13-7-8-14-22-19)15-16-9-3-2-4-10-16/h2-14,21H,15H2,1H3. The topological polar surface area (TPSA) is 45.2 Å². The van der Waals surface area contributed by atoms with Gasteiger partial charge in [0.2, 0.25) is 0 Å². The SMILES string of the molecule is CNc1ccccc1C(=O)N(Cc1ccccc1)c1ccccn1. The van der Waals surface area contributed by atoms with Crippen molar-refractivity contribution in [3.8, 4) is 0 Å². The van der Waals surface area contributed by atoms with Gasteiger partial charge in [0.15, 0.2) is 0 Å². The molecule has 0 saturated heterocycles. The van der Waals surface area contributed by atoms with Gasteiger partial charge in [-0.25, -0.2) is 4.98 Å². The number of carbonyl (C=O) groups excluding carboxylic acids is 1. The summed E-state index contributed by atoms with van der Waals surface area (Å²) in [6, 6.07) is 23.0. The summed E-state index contributed by atoms with van der Waals surface area (Å²) >= 11 is 0. The van der Waals surface area contributed by atoms with Gasteiger partial charge >= 0.3 is 0 Å². The van der Waals surface area contributed by atoms with Gasteiger partial charge in [0, 0.05) is 18.9 Å². The molecule has 2 aromatic carbocycles. The van der Waals surface area contributed by atoms with E-state index in [9.17, 15) is 4.79 Å². The first-order valence-corrected chi connectivity index (χ1v) is 7.83. The number of benzene rings is 2. The van der Waals surface area contributed by atoms with E-state index in [1.165, 1.54) is 0 Å². The molecule has 0 fully saturated rings. The highest BCUT2D eigenvalue weighted by atomic mass is 16.2. The zero-order valence-corrected chi connectivity index (χ0v) is 13.5. The van der Waals surface area contributed by atoms with Crippen LogP contribution in [0.1, 0.15) is 15.9 Å². The Morgan fingerprint density at radius 2 is 1.67 bits per heavy atom. The minimum absolute atomic E-state index is 0.0810. The minimum Gasteiger partial charge on any atom is -0.387 e. The van der Waals surface area contributed by atoms with E-state index in [1.54, 1.807) is 11.1 Å². The van der Waals surface area contributed by atoms with Crippen LogP contribution in [0.4, 0.5) is 11.5 Å². The van der Waals surface area contributed by atoms with Gasteiger partial charge < -0.3 is 5.32 Å². The van der Waals surface area contributed by atoms with Crippen molar-refractivity contribution >= 4 is 17.4 Å². The van der Waals surface area contributed by atoms with Gasteiger partial charge in [-0.15, -0.1) is 0 Å². The molecule has 0 aliphatic rings. The van der Waals surface area contributed by atoms with Crippen LogP contribution >= 0.6 is 0 Å². The normalized spacial score (nSPS) is 10.2. The van der Waals surface area contributed by atoms with Gasteiger partial charge in [-0.1, -0.05) is 48.5 Å². The Labute approximate surface area is 141 Å². The molecule has 0 unspecified atom stereocenters. The monoisotopic (exact) mass is 317 g/mol. The van der Waals surface area contributed by atoms with Crippen molar-refractivity contribution in [2.75, 3.05) is 17.3 Å². The quantitative estimate of drug-likeness (QED) is 0.774. The Morgan fingerprint density at radius 3 is 2.38 bits per heavy atom. The largest absolute Gasteiger partial charge is 0.387 e. The van der Waals surface area contributed by atoms with Crippen LogP contribution < -0.4 is 10.2 Å². The second kappa shape index (κ2) is 7.42. The zero-order valence-electron chi connectivity index (χ0n) is 13.5. The molecule has 1 N–H and O–H groups in total. The molecule has 120 valence electrons. The summed E-state index contributed by atoms with van der Waals surface area (Å²) in [4.78, 5) is 19.2. The number of amides is 1. The number of rotatable bonds is 5. The van der Waals surface area contributed by atoms with Crippen LogP contribution in [0.15, 0.2) is 79.0 Å². The van der Waals surface area contributed by atoms with Crippen LogP contribution in [-0.2, 0) is 6.54 Å². The third kappa shape index (κ3) is 3.43. The zero-order chi connectivity index (χ0) is 16.8. The van der Waals surface area contributed by atoms with Crippen LogP contribution in [0.2, 0.25) is 0 Å². The highest BCUT2D eigenvalue weighted by molar-refractivity contribution is 6.09. The molecule has 3 rings (SSSR count). The Hall–Kier alpha value is -3.14. The number of nitrogens with zero attached hydrogens (tertiary/aromatic N) is 2. The first-order chi connectivity index (χ1) is 11.8. The van der Waals surface area contributed by atoms with E-state index in [2.05, 4.69) is 10.3 Å². The van der Waals surface area contributed by atoms with E-state index < -0.39 is 0 Å². The number of pyridine rings is 1. The smallest absolute Gasteiger partial charge is 0.261 e. The molecule has 0 bridgehead atoms. The second-order valence-electron chi connectivity index (χ2n) is 5.36. The van der Waals surface area contributed by atoms with Crippen molar-refractivity contribution in [2.45, 2.75) is 6.54 Å². The van der Waals surface area contributed by atoms with Gasteiger partial charge in [0.05, 0.1) is 12.1 Å². The second-order valence-corrected chi connectivity index (χ2v) is 5.36. The number of nitrogens with one attached hydrogen (secondary N) is 1. The molecule has 0 saturated carbocycles. The lowest BCUT2D eigenvalue weighted by Crippen LogP contribution is -2.31. The van der Waals surface area contributed by atoms with E-state index in [0.29, 0.717) is 17.9 Å². The average molecular weight is 317 g/mol. The predicted molar refractivity (Wildman–Crippen MR) is 97.2 cm³/mol. The summed E-state index contributed by atoms with van der Waals surface area (Å²) in [6.07, 6.45) is 1.70. The molecule has 0 atom stereocenters. The lowest BCUT2D eigenvalue weighted by molar-refractivity contribution is 0.0985. The van der Waals surface area contributed by atoms with E-state index in [1.807, 2.05) is 79.8 Å². The van der Waals surface area contributed by atoms with Crippen LogP contribution in [0.3, 0.4) is 0 Å². The fourth-order valence-electron chi connectivity index (χ4n) is 2.57.